The molecule has 0 radical (unpaired) electrons. The number of rotatable bonds is 6. The Morgan fingerprint density at radius 2 is 1.95 bits per heavy atom. The Bertz CT molecular complexity index is 641. The first-order chi connectivity index (χ1) is 10.6. The SMILES string of the molecule is CCOc1ccc(NC(=O)Cc2ccc(Cl)cc2)cc1CO. The molecule has 0 spiro atoms. The summed E-state index contributed by atoms with van der Waals surface area (Å²) in [7, 11) is 0. The van der Waals surface area contributed by atoms with Gasteiger partial charge in [-0.3, -0.25) is 4.79 Å². The maximum absolute atomic E-state index is 12.0. The summed E-state index contributed by atoms with van der Waals surface area (Å²) in [5.74, 6) is 0.496. The lowest BCUT2D eigenvalue weighted by Crippen LogP contribution is -2.14. The van der Waals surface area contributed by atoms with Gasteiger partial charge < -0.3 is 15.2 Å². The molecule has 0 unspecified atom stereocenters. The van der Waals surface area contributed by atoms with Gasteiger partial charge in [-0.05, 0) is 42.8 Å². The number of hydrogen-bond acceptors (Lipinski definition) is 3. The van der Waals surface area contributed by atoms with Crippen LogP contribution in [0.5, 0.6) is 5.75 Å². The van der Waals surface area contributed by atoms with E-state index in [2.05, 4.69) is 5.32 Å². The van der Waals surface area contributed by atoms with Crippen LogP contribution in [0.1, 0.15) is 18.1 Å². The Kier molecular flexibility index (Phi) is 5.81. The van der Waals surface area contributed by atoms with E-state index in [0.717, 1.165) is 5.56 Å². The lowest BCUT2D eigenvalue weighted by Gasteiger charge is -2.11. The Morgan fingerprint density at radius 1 is 1.23 bits per heavy atom. The molecule has 2 aromatic rings. The van der Waals surface area contributed by atoms with Crippen LogP contribution in [0.3, 0.4) is 0 Å². The van der Waals surface area contributed by atoms with Crippen LogP contribution >= 0.6 is 11.6 Å². The number of amides is 1. The number of aliphatic hydroxyl groups is 1. The number of halogens is 1. The first kappa shape index (κ1) is 16.3. The molecule has 22 heavy (non-hydrogen) atoms. The molecule has 0 atom stereocenters. The van der Waals surface area contributed by atoms with Crippen LogP contribution in [-0.4, -0.2) is 17.6 Å². The number of carbonyl (C=O) groups is 1. The van der Waals surface area contributed by atoms with E-state index in [0.29, 0.717) is 28.6 Å². The molecule has 4 nitrogen and oxygen atoms in total. The highest BCUT2D eigenvalue weighted by atomic mass is 35.5. The molecule has 1 amide bonds. The number of benzene rings is 2. The molecule has 0 aliphatic heterocycles. The molecule has 0 aliphatic carbocycles. The summed E-state index contributed by atoms with van der Waals surface area (Å²) in [6.07, 6.45) is 0.263. The molecule has 0 aromatic heterocycles. The molecule has 116 valence electrons. The van der Waals surface area contributed by atoms with Crippen LogP contribution in [0.2, 0.25) is 5.02 Å². The highest BCUT2D eigenvalue weighted by Gasteiger charge is 2.08. The fourth-order valence-electron chi connectivity index (χ4n) is 2.07. The first-order valence-corrected chi connectivity index (χ1v) is 7.41. The van der Waals surface area contributed by atoms with Crippen LogP contribution in [0.15, 0.2) is 42.5 Å². The monoisotopic (exact) mass is 319 g/mol. The normalized spacial score (nSPS) is 10.3. The van der Waals surface area contributed by atoms with Gasteiger partial charge in [0.25, 0.3) is 0 Å². The predicted octanol–water partition coefficient (Wildman–Crippen LogP) is 3.41. The third kappa shape index (κ3) is 4.48. The minimum atomic E-state index is -0.143. The van der Waals surface area contributed by atoms with Gasteiger partial charge in [-0.1, -0.05) is 23.7 Å². The van der Waals surface area contributed by atoms with E-state index >= 15 is 0 Å². The van der Waals surface area contributed by atoms with E-state index in [4.69, 9.17) is 16.3 Å². The second kappa shape index (κ2) is 7.82. The van der Waals surface area contributed by atoms with Gasteiger partial charge in [-0.2, -0.15) is 0 Å². The Labute approximate surface area is 134 Å². The zero-order valence-electron chi connectivity index (χ0n) is 12.3. The van der Waals surface area contributed by atoms with Gasteiger partial charge >= 0.3 is 0 Å². The van der Waals surface area contributed by atoms with Gasteiger partial charge in [-0.25, -0.2) is 0 Å². The van der Waals surface area contributed by atoms with Crippen molar-refractivity contribution in [3.05, 3.63) is 58.6 Å². The number of carbonyl (C=O) groups excluding carboxylic acids is 1. The van der Waals surface area contributed by atoms with Gasteiger partial charge in [0, 0.05) is 16.3 Å². The van der Waals surface area contributed by atoms with Crippen LogP contribution in [0, 0.1) is 0 Å². The van der Waals surface area contributed by atoms with E-state index in [1.165, 1.54) is 0 Å². The summed E-state index contributed by atoms with van der Waals surface area (Å²) in [6.45, 7) is 2.26. The number of nitrogens with one attached hydrogen (secondary N) is 1. The Morgan fingerprint density at radius 3 is 2.59 bits per heavy atom. The summed E-state index contributed by atoms with van der Waals surface area (Å²) in [5.41, 5.74) is 2.16. The van der Waals surface area contributed by atoms with Gasteiger partial charge in [0.1, 0.15) is 5.75 Å². The summed E-state index contributed by atoms with van der Waals surface area (Å²) in [6, 6.07) is 12.4. The van der Waals surface area contributed by atoms with Crippen molar-refractivity contribution in [2.24, 2.45) is 0 Å². The van der Waals surface area contributed by atoms with Crippen LogP contribution < -0.4 is 10.1 Å². The topological polar surface area (TPSA) is 58.6 Å². The van der Waals surface area contributed by atoms with Crippen molar-refractivity contribution < 1.29 is 14.6 Å². The quantitative estimate of drug-likeness (QED) is 0.857. The first-order valence-electron chi connectivity index (χ1n) is 7.03. The molecule has 2 aromatic carbocycles. The summed E-state index contributed by atoms with van der Waals surface area (Å²) >= 11 is 5.82. The maximum Gasteiger partial charge on any atom is 0.228 e. The van der Waals surface area contributed by atoms with Gasteiger partial charge in [0.2, 0.25) is 5.91 Å². The van der Waals surface area contributed by atoms with Crippen molar-refractivity contribution in [3.8, 4) is 5.75 Å². The van der Waals surface area contributed by atoms with Crippen molar-refractivity contribution in [3.63, 3.8) is 0 Å². The average Bonchev–Trinajstić information content (AvgIpc) is 2.51. The van der Waals surface area contributed by atoms with Gasteiger partial charge in [0.15, 0.2) is 0 Å². The Hall–Kier alpha value is -2.04. The molecule has 0 bridgehead atoms. The van der Waals surface area contributed by atoms with E-state index in [-0.39, 0.29) is 18.9 Å². The standard InChI is InChI=1S/C17H18ClNO3/c1-2-22-16-8-7-15(10-13(16)11-20)19-17(21)9-12-3-5-14(18)6-4-12/h3-8,10,20H,2,9,11H2,1H3,(H,19,21). The molecule has 0 aliphatic rings. The summed E-state index contributed by atoms with van der Waals surface area (Å²) in [5, 5.41) is 12.8. The second-order valence-electron chi connectivity index (χ2n) is 4.77. The van der Waals surface area contributed by atoms with E-state index < -0.39 is 0 Å². The van der Waals surface area contributed by atoms with E-state index in [9.17, 15) is 9.90 Å². The van der Waals surface area contributed by atoms with Crippen molar-refractivity contribution in [1.29, 1.82) is 0 Å². The van der Waals surface area contributed by atoms with Gasteiger partial charge in [-0.15, -0.1) is 0 Å². The highest BCUT2D eigenvalue weighted by Crippen LogP contribution is 2.23. The van der Waals surface area contributed by atoms with Crippen molar-refractivity contribution in [1.82, 2.24) is 0 Å². The average molecular weight is 320 g/mol. The molecule has 5 heteroatoms. The molecule has 0 saturated heterocycles. The lowest BCUT2D eigenvalue weighted by atomic mass is 10.1. The number of aliphatic hydroxyl groups excluding tert-OH is 1. The van der Waals surface area contributed by atoms with Crippen LogP contribution in [0.4, 0.5) is 5.69 Å². The smallest absolute Gasteiger partial charge is 0.228 e. The molecular formula is C17H18ClNO3. The maximum atomic E-state index is 12.0. The highest BCUT2D eigenvalue weighted by molar-refractivity contribution is 6.30. The lowest BCUT2D eigenvalue weighted by molar-refractivity contribution is -0.115. The van der Waals surface area contributed by atoms with Crippen molar-refractivity contribution in [2.45, 2.75) is 20.0 Å². The minimum absolute atomic E-state index is 0.129. The second-order valence-corrected chi connectivity index (χ2v) is 5.20. The van der Waals surface area contributed by atoms with Crippen molar-refractivity contribution in [2.75, 3.05) is 11.9 Å². The third-order valence-corrected chi connectivity index (χ3v) is 3.34. The van der Waals surface area contributed by atoms with E-state index in [1.807, 2.05) is 19.1 Å². The molecule has 0 fully saturated rings. The third-order valence-electron chi connectivity index (χ3n) is 3.09. The fraction of sp³-hybridized carbons (Fsp3) is 0.235. The summed E-state index contributed by atoms with van der Waals surface area (Å²) < 4.78 is 5.41. The zero-order chi connectivity index (χ0) is 15.9. The molecule has 2 N–H and O–H groups in total. The molecule has 2 rings (SSSR count). The van der Waals surface area contributed by atoms with E-state index in [1.54, 1.807) is 30.3 Å². The largest absolute Gasteiger partial charge is 0.494 e. The van der Waals surface area contributed by atoms with Crippen molar-refractivity contribution >= 4 is 23.2 Å². The van der Waals surface area contributed by atoms with Crippen LogP contribution in [0.25, 0.3) is 0 Å². The number of hydrogen-bond donors (Lipinski definition) is 2. The minimum Gasteiger partial charge on any atom is -0.494 e. The molecule has 0 heterocycles. The van der Waals surface area contributed by atoms with Crippen LogP contribution in [-0.2, 0) is 17.8 Å². The predicted molar refractivity (Wildman–Crippen MR) is 87.3 cm³/mol. The zero-order valence-corrected chi connectivity index (χ0v) is 13.1. The summed E-state index contributed by atoms with van der Waals surface area (Å²) in [4.78, 5) is 12.0. The Balaban J connectivity index is 2.03. The molecular weight excluding hydrogens is 302 g/mol. The number of anilines is 1. The fourth-order valence-corrected chi connectivity index (χ4v) is 2.20. The molecule has 0 saturated carbocycles. The van der Waals surface area contributed by atoms with Gasteiger partial charge in [0.05, 0.1) is 19.6 Å². The number of ether oxygens (including phenoxy) is 1.